The van der Waals surface area contributed by atoms with Crippen molar-refractivity contribution in [3.63, 3.8) is 0 Å². The zero-order chi connectivity index (χ0) is 17.1. The molecule has 134 valence electrons. The van der Waals surface area contributed by atoms with Crippen LogP contribution in [-0.4, -0.2) is 38.0 Å². The van der Waals surface area contributed by atoms with Gasteiger partial charge < -0.3 is 43.7 Å². The van der Waals surface area contributed by atoms with Crippen LogP contribution in [0.2, 0.25) is 0 Å². The van der Waals surface area contributed by atoms with Crippen molar-refractivity contribution in [2.75, 3.05) is 27.8 Å². The molecule has 2 heterocycles. The predicted octanol–water partition coefficient (Wildman–Crippen LogP) is -0.0904. The Bertz CT molecular complexity index is 839. The summed E-state index contributed by atoms with van der Waals surface area (Å²) in [6.45, 7) is 0.965. The number of hydrogen-bond acceptors (Lipinski definition) is 4. The number of rotatable bonds is 2. The first-order chi connectivity index (χ1) is 11.5. The molecular weight excluding hydrogens is 433 g/mol. The van der Waals surface area contributed by atoms with Crippen molar-refractivity contribution >= 4 is 5.69 Å². The van der Waals surface area contributed by atoms with Gasteiger partial charge in [0.15, 0.2) is 23.0 Å². The third-order valence-corrected chi connectivity index (χ3v) is 5.68. The highest BCUT2D eigenvalue weighted by atomic mass is 127. The molecule has 2 aromatic rings. The number of ether oxygens (including phenoxy) is 2. The maximum atomic E-state index is 10.2. The second-order valence-corrected chi connectivity index (χ2v) is 6.84. The zero-order valence-electron chi connectivity index (χ0n) is 14.5. The fourth-order valence-corrected chi connectivity index (χ4v) is 4.34. The van der Waals surface area contributed by atoms with Crippen LogP contribution < -0.4 is 37.9 Å². The maximum Gasteiger partial charge on any atom is 0.166 e. The smallest absolute Gasteiger partial charge is 0.166 e. The molecule has 0 bridgehead atoms. The molecule has 5 nitrogen and oxygen atoms in total. The van der Waals surface area contributed by atoms with Crippen LogP contribution in [0.3, 0.4) is 0 Å². The molecule has 2 aliphatic heterocycles. The number of methoxy groups -OCH3 is 2. The summed E-state index contributed by atoms with van der Waals surface area (Å²) in [4.78, 5) is 0. The van der Waals surface area contributed by atoms with Crippen molar-refractivity contribution in [3.8, 4) is 23.0 Å². The van der Waals surface area contributed by atoms with Crippen molar-refractivity contribution in [1.82, 2.24) is 4.48 Å². The van der Waals surface area contributed by atoms with Crippen molar-refractivity contribution in [2.45, 2.75) is 18.9 Å². The maximum absolute atomic E-state index is 10.2. The van der Waals surface area contributed by atoms with Gasteiger partial charge in [-0.2, -0.15) is 0 Å². The van der Waals surface area contributed by atoms with Crippen LogP contribution in [0.5, 0.6) is 23.0 Å². The summed E-state index contributed by atoms with van der Waals surface area (Å²) in [6, 6.07) is 7.80. The fourth-order valence-electron chi connectivity index (χ4n) is 4.34. The van der Waals surface area contributed by atoms with Gasteiger partial charge in [-0.3, -0.25) is 4.48 Å². The van der Waals surface area contributed by atoms with E-state index in [0.717, 1.165) is 35.0 Å². The number of hydrogen-bond donors (Lipinski definition) is 2. The lowest BCUT2D eigenvalue weighted by atomic mass is 9.90. The Morgan fingerprint density at radius 3 is 2.28 bits per heavy atom. The van der Waals surface area contributed by atoms with Gasteiger partial charge in [0.25, 0.3) is 0 Å². The molecule has 0 radical (unpaired) electrons. The Hall–Kier alpha value is -1.67. The Labute approximate surface area is 164 Å². The first-order valence-corrected chi connectivity index (χ1v) is 8.13. The summed E-state index contributed by atoms with van der Waals surface area (Å²) < 4.78 is 11.3. The van der Waals surface area contributed by atoms with Crippen molar-refractivity contribution < 1.29 is 43.7 Å². The lowest BCUT2D eigenvalue weighted by Crippen LogP contribution is -3.00. The number of quaternary nitrogens is 1. The molecule has 0 fully saturated rings. The van der Waals surface area contributed by atoms with Crippen LogP contribution in [0.25, 0.3) is 0 Å². The molecule has 2 aliphatic rings. The molecule has 2 aromatic carbocycles. The average Bonchev–Trinajstić information content (AvgIpc) is 2.85. The molecule has 4 rings (SSSR count). The van der Waals surface area contributed by atoms with Gasteiger partial charge in [0.05, 0.1) is 27.8 Å². The van der Waals surface area contributed by atoms with Gasteiger partial charge in [0.2, 0.25) is 0 Å². The number of benzene rings is 2. The number of likely N-dealkylation sites (N-methyl/N-ethyl adjacent to an activating group) is 1. The van der Waals surface area contributed by atoms with Crippen LogP contribution >= 0.6 is 0 Å². The summed E-state index contributed by atoms with van der Waals surface area (Å²) in [7, 11) is 5.37. The molecule has 0 aromatic heterocycles. The summed E-state index contributed by atoms with van der Waals surface area (Å²) >= 11 is 0. The number of aromatic hydroxyl groups is 2. The molecule has 0 spiro atoms. The van der Waals surface area contributed by atoms with E-state index in [2.05, 4.69) is 7.05 Å². The van der Waals surface area contributed by atoms with E-state index in [-0.39, 0.29) is 41.5 Å². The quantitative estimate of drug-likeness (QED) is 0.491. The Morgan fingerprint density at radius 2 is 1.60 bits per heavy atom. The molecule has 0 amide bonds. The topological polar surface area (TPSA) is 58.9 Å². The minimum Gasteiger partial charge on any atom is -1.00 e. The average molecular weight is 455 g/mol. The number of fused-ring (bicyclic) bond motifs is 5. The number of nitrogens with zero attached hydrogens (tertiary/aromatic N) is 1. The minimum absolute atomic E-state index is 0. The third-order valence-electron chi connectivity index (χ3n) is 5.68. The van der Waals surface area contributed by atoms with E-state index in [1.54, 1.807) is 14.2 Å². The minimum atomic E-state index is 0. The summed E-state index contributed by atoms with van der Waals surface area (Å²) in [5.74, 6) is 1.40. The van der Waals surface area contributed by atoms with Crippen molar-refractivity contribution in [1.29, 1.82) is 0 Å². The SMILES string of the molecule is COc1cc2c(cc1O)C1Cc3cc(O)c(OC)cc3[N+]1(C)CC2.[I-]. The zero-order valence-corrected chi connectivity index (χ0v) is 16.7. The Morgan fingerprint density at radius 1 is 0.960 bits per heavy atom. The van der Waals surface area contributed by atoms with Crippen LogP contribution in [0.4, 0.5) is 5.69 Å². The van der Waals surface area contributed by atoms with E-state index in [1.807, 2.05) is 24.3 Å². The number of phenols is 2. The van der Waals surface area contributed by atoms with Gasteiger partial charge in [-0.15, -0.1) is 0 Å². The second kappa shape index (κ2) is 6.25. The Balaban J connectivity index is 0.00000182. The molecule has 0 saturated carbocycles. The molecule has 0 saturated heterocycles. The van der Waals surface area contributed by atoms with E-state index in [0.29, 0.717) is 11.5 Å². The molecule has 2 unspecified atom stereocenters. The molecule has 6 heteroatoms. The monoisotopic (exact) mass is 455 g/mol. The van der Waals surface area contributed by atoms with E-state index < -0.39 is 0 Å². The normalized spacial score (nSPS) is 23.1. The fraction of sp³-hybridized carbons (Fsp3) is 0.368. The van der Waals surface area contributed by atoms with E-state index in [1.165, 1.54) is 11.3 Å². The molecule has 0 aliphatic carbocycles. The lowest BCUT2D eigenvalue weighted by molar-refractivity contribution is -0.00000726. The second-order valence-electron chi connectivity index (χ2n) is 6.84. The van der Waals surface area contributed by atoms with Gasteiger partial charge in [-0.05, 0) is 23.8 Å². The highest BCUT2D eigenvalue weighted by Gasteiger charge is 2.48. The van der Waals surface area contributed by atoms with E-state index >= 15 is 0 Å². The number of phenolic OH excluding ortho intramolecular Hbond substituents is 2. The Kier molecular flexibility index (Phi) is 4.53. The van der Waals surface area contributed by atoms with Crippen molar-refractivity contribution in [2.24, 2.45) is 0 Å². The highest BCUT2D eigenvalue weighted by molar-refractivity contribution is 5.65. The van der Waals surface area contributed by atoms with Gasteiger partial charge in [0.1, 0.15) is 11.7 Å². The van der Waals surface area contributed by atoms with Gasteiger partial charge in [-0.1, -0.05) is 0 Å². The first-order valence-electron chi connectivity index (χ1n) is 8.13. The third kappa shape index (κ3) is 2.54. The summed E-state index contributed by atoms with van der Waals surface area (Å²) in [6.07, 6.45) is 1.75. The van der Waals surface area contributed by atoms with Crippen LogP contribution in [0.15, 0.2) is 24.3 Å². The van der Waals surface area contributed by atoms with Gasteiger partial charge >= 0.3 is 0 Å². The van der Waals surface area contributed by atoms with Gasteiger partial charge in [-0.25, -0.2) is 0 Å². The van der Waals surface area contributed by atoms with Crippen LogP contribution in [0.1, 0.15) is 22.7 Å². The lowest BCUT2D eigenvalue weighted by Gasteiger charge is -2.41. The highest BCUT2D eigenvalue weighted by Crippen LogP contribution is 2.52. The van der Waals surface area contributed by atoms with Crippen LogP contribution in [-0.2, 0) is 12.8 Å². The largest absolute Gasteiger partial charge is 1.00 e. The predicted molar refractivity (Wildman–Crippen MR) is 92.1 cm³/mol. The molecule has 25 heavy (non-hydrogen) atoms. The first kappa shape index (κ1) is 18.1. The standard InChI is InChI=1S/C19H21NO4.HI/c1-20-5-4-11-8-18(23-2)17(22)9-13(11)15(20)6-12-7-16(21)19(24-3)10-14(12)20;/h7-10,15H,4-6H2,1-3H3,(H-,21,22);1H. The number of halogens is 1. The summed E-state index contributed by atoms with van der Waals surface area (Å²) in [5, 5.41) is 20.3. The van der Waals surface area contributed by atoms with Crippen molar-refractivity contribution in [3.05, 3.63) is 41.0 Å². The van der Waals surface area contributed by atoms with E-state index in [9.17, 15) is 10.2 Å². The molecular formula is C19H22INO4. The molecule has 2 atom stereocenters. The molecule has 2 N–H and O–H groups in total. The van der Waals surface area contributed by atoms with Crippen LogP contribution in [0, 0.1) is 0 Å². The van der Waals surface area contributed by atoms with Gasteiger partial charge in [0, 0.05) is 30.0 Å². The van der Waals surface area contributed by atoms with E-state index in [4.69, 9.17) is 9.47 Å². The summed E-state index contributed by atoms with van der Waals surface area (Å²) in [5.41, 5.74) is 4.73.